The number of carboxylic acids is 1. The molecular formula is C12H14BrNO3. The standard InChI is InChI=1S/C12H14BrNO3/c1-3-9(12(16)17)14-11(15)8-6-4-5-7(2)10(8)13/h4-6,9H,3H2,1-2H3,(H,14,15)(H,16,17)/t9-/m1/s1. The van der Waals surface area contributed by atoms with Crippen LogP contribution < -0.4 is 5.32 Å². The lowest BCUT2D eigenvalue weighted by Gasteiger charge is -2.13. The average molecular weight is 300 g/mol. The van der Waals surface area contributed by atoms with Crippen LogP contribution in [0.25, 0.3) is 0 Å². The van der Waals surface area contributed by atoms with Crippen LogP contribution in [0.1, 0.15) is 29.3 Å². The van der Waals surface area contributed by atoms with Gasteiger partial charge in [-0.15, -0.1) is 0 Å². The van der Waals surface area contributed by atoms with Gasteiger partial charge in [-0.25, -0.2) is 4.79 Å². The van der Waals surface area contributed by atoms with E-state index in [1.807, 2.05) is 13.0 Å². The lowest BCUT2D eigenvalue weighted by Crippen LogP contribution is -2.40. The highest BCUT2D eigenvalue weighted by molar-refractivity contribution is 9.10. The number of halogens is 1. The fraction of sp³-hybridized carbons (Fsp3) is 0.333. The Hall–Kier alpha value is -1.36. The third kappa shape index (κ3) is 3.30. The van der Waals surface area contributed by atoms with E-state index in [2.05, 4.69) is 21.2 Å². The molecule has 2 N–H and O–H groups in total. The van der Waals surface area contributed by atoms with Gasteiger partial charge in [0.2, 0.25) is 0 Å². The van der Waals surface area contributed by atoms with Crippen LogP contribution in [0, 0.1) is 6.92 Å². The molecule has 4 nitrogen and oxygen atoms in total. The highest BCUT2D eigenvalue weighted by Gasteiger charge is 2.19. The zero-order chi connectivity index (χ0) is 13.0. The summed E-state index contributed by atoms with van der Waals surface area (Å²) in [5, 5.41) is 11.3. The van der Waals surface area contributed by atoms with E-state index in [0.29, 0.717) is 16.5 Å². The Kier molecular flexibility index (Phi) is 4.69. The summed E-state index contributed by atoms with van der Waals surface area (Å²) in [5.74, 6) is -1.40. The maximum Gasteiger partial charge on any atom is 0.326 e. The van der Waals surface area contributed by atoms with Crippen molar-refractivity contribution in [2.75, 3.05) is 0 Å². The monoisotopic (exact) mass is 299 g/mol. The van der Waals surface area contributed by atoms with Gasteiger partial charge in [-0.3, -0.25) is 4.79 Å². The van der Waals surface area contributed by atoms with Crippen LogP contribution in [0.4, 0.5) is 0 Å². The Morgan fingerprint density at radius 3 is 2.65 bits per heavy atom. The van der Waals surface area contributed by atoms with E-state index in [0.717, 1.165) is 5.56 Å². The largest absolute Gasteiger partial charge is 0.480 e. The predicted molar refractivity (Wildman–Crippen MR) is 68.1 cm³/mol. The highest BCUT2D eigenvalue weighted by Crippen LogP contribution is 2.21. The lowest BCUT2D eigenvalue weighted by atomic mass is 10.1. The normalized spacial score (nSPS) is 11.9. The fourth-order valence-electron chi connectivity index (χ4n) is 1.40. The van der Waals surface area contributed by atoms with Gasteiger partial charge in [-0.1, -0.05) is 19.1 Å². The van der Waals surface area contributed by atoms with Crippen molar-refractivity contribution in [2.24, 2.45) is 0 Å². The van der Waals surface area contributed by atoms with E-state index in [9.17, 15) is 9.59 Å². The van der Waals surface area contributed by atoms with Crippen LogP contribution in [0.2, 0.25) is 0 Å². The number of aryl methyl sites for hydroxylation is 1. The number of nitrogens with one attached hydrogen (secondary N) is 1. The molecule has 5 heteroatoms. The van der Waals surface area contributed by atoms with Gasteiger partial charge in [0, 0.05) is 4.47 Å². The van der Waals surface area contributed by atoms with Crippen LogP contribution in [-0.2, 0) is 4.79 Å². The fourth-order valence-corrected chi connectivity index (χ4v) is 1.84. The topological polar surface area (TPSA) is 66.4 Å². The molecule has 1 atom stereocenters. The van der Waals surface area contributed by atoms with Crippen LogP contribution in [0.3, 0.4) is 0 Å². The van der Waals surface area contributed by atoms with E-state index >= 15 is 0 Å². The molecule has 92 valence electrons. The first-order chi connectivity index (χ1) is 7.97. The molecule has 0 aliphatic rings. The SMILES string of the molecule is CC[C@@H](NC(=O)c1cccc(C)c1Br)C(=O)O. The van der Waals surface area contributed by atoms with Gasteiger partial charge in [0.25, 0.3) is 5.91 Å². The number of rotatable bonds is 4. The maximum absolute atomic E-state index is 11.9. The smallest absolute Gasteiger partial charge is 0.326 e. The number of hydrogen-bond acceptors (Lipinski definition) is 2. The van der Waals surface area contributed by atoms with Crippen molar-refractivity contribution in [1.82, 2.24) is 5.32 Å². The molecule has 1 amide bonds. The Bertz CT molecular complexity index is 445. The van der Waals surface area contributed by atoms with E-state index in [1.54, 1.807) is 19.1 Å². The molecule has 0 saturated carbocycles. The van der Waals surface area contributed by atoms with Gasteiger partial charge in [-0.2, -0.15) is 0 Å². The molecular weight excluding hydrogens is 286 g/mol. The minimum Gasteiger partial charge on any atom is -0.480 e. The number of hydrogen-bond donors (Lipinski definition) is 2. The van der Waals surface area contributed by atoms with E-state index in [1.165, 1.54) is 0 Å². The zero-order valence-electron chi connectivity index (χ0n) is 9.66. The summed E-state index contributed by atoms with van der Waals surface area (Å²) in [7, 11) is 0. The minimum absolute atomic E-state index is 0.352. The molecule has 0 spiro atoms. The second-order valence-corrected chi connectivity index (χ2v) is 4.50. The molecule has 1 aromatic rings. The van der Waals surface area contributed by atoms with Crippen molar-refractivity contribution in [3.63, 3.8) is 0 Å². The number of amides is 1. The molecule has 0 bridgehead atoms. The molecule has 0 fully saturated rings. The van der Waals surface area contributed by atoms with E-state index in [-0.39, 0.29) is 5.91 Å². The molecule has 0 radical (unpaired) electrons. The summed E-state index contributed by atoms with van der Waals surface area (Å²) >= 11 is 3.32. The maximum atomic E-state index is 11.9. The van der Waals surface area contributed by atoms with E-state index < -0.39 is 12.0 Å². The van der Waals surface area contributed by atoms with Crippen LogP contribution in [0.5, 0.6) is 0 Å². The van der Waals surface area contributed by atoms with Gasteiger partial charge in [0.05, 0.1) is 5.56 Å². The average Bonchev–Trinajstić information content (AvgIpc) is 2.28. The first kappa shape index (κ1) is 13.7. The number of aliphatic carboxylic acids is 1. The quantitative estimate of drug-likeness (QED) is 0.897. The summed E-state index contributed by atoms with van der Waals surface area (Å²) in [6.07, 6.45) is 0.352. The van der Waals surface area contributed by atoms with Gasteiger partial charge >= 0.3 is 5.97 Å². The Morgan fingerprint density at radius 2 is 2.12 bits per heavy atom. The van der Waals surface area contributed by atoms with Crippen molar-refractivity contribution >= 4 is 27.8 Å². The first-order valence-corrected chi connectivity index (χ1v) is 6.05. The molecule has 0 unspecified atom stereocenters. The van der Waals surface area contributed by atoms with Gasteiger partial charge in [-0.05, 0) is 40.9 Å². The molecule has 17 heavy (non-hydrogen) atoms. The van der Waals surface area contributed by atoms with Crippen molar-refractivity contribution in [2.45, 2.75) is 26.3 Å². The third-order valence-corrected chi connectivity index (χ3v) is 3.50. The van der Waals surface area contributed by atoms with Crippen molar-refractivity contribution in [3.8, 4) is 0 Å². The molecule has 0 aliphatic carbocycles. The van der Waals surface area contributed by atoms with Crippen LogP contribution in [-0.4, -0.2) is 23.0 Å². The van der Waals surface area contributed by atoms with Crippen LogP contribution in [0.15, 0.2) is 22.7 Å². The number of carboxylic acid groups (broad SMARTS) is 1. The minimum atomic E-state index is -1.02. The summed E-state index contributed by atoms with van der Waals surface area (Å²) in [5.41, 5.74) is 1.38. The Labute approximate surface area is 108 Å². The zero-order valence-corrected chi connectivity index (χ0v) is 11.2. The van der Waals surface area contributed by atoms with E-state index in [4.69, 9.17) is 5.11 Å². The molecule has 0 saturated heterocycles. The number of carbonyl (C=O) groups is 2. The van der Waals surface area contributed by atoms with Gasteiger partial charge in [0.1, 0.15) is 6.04 Å². The van der Waals surface area contributed by atoms with Crippen molar-refractivity contribution in [3.05, 3.63) is 33.8 Å². The molecule has 0 aromatic heterocycles. The second kappa shape index (κ2) is 5.82. The lowest BCUT2D eigenvalue weighted by molar-refractivity contribution is -0.139. The summed E-state index contributed by atoms with van der Waals surface area (Å²) in [4.78, 5) is 22.7. The number of carbonyl (C=O) groups excluding carboxylic acids is 1. The molecule has 1 aromatic carbocycles. The van der Waals surface area contributed by atoms with Crippen molar-refractivity contribution in [1.29, 1.82) is 0 Å². The summed E-state index contributed by atoms with van der Waals surface area (Å²) < 4.78 is 0.692. The summed E-state index contributed by atoms with van der Waals surface area (Å²) in [6.45, 7) is 3.58. The molecule has 0 aliphatic heterocycles. The Balaban J connectivity index is 2.90. The predicted octanol–water partition coefficient (Wildman–Crippen LogP) is 2.35. The second-order valence-electron chi connectivity index (χ2n) is 3.71. The molecule has 1 rings (SSSR count). The Morgan fingerprint density at radius 1 is 1.47 bits per heavy atom. The highest BCUT2D eigenvalue weighted by atomic mass is 79.9. The number of benzene rings is 1. The summed E-state index contributed by atoms with van der Waals surface area (Å²) in [6, 6.07) is 4.43. The van der Waals surface area contributed by atoms with Crippen molar-refractivity contribution < 1.29 is 14.7 Å². The third-order valence-electron chi connectivity index (χ3n) is 2.45. The van der Waals surface area contributed by atoms with Crippen LogP contribution >= 0.6 is 15.9 Å². The first-order valence-electron chi connectivity index (χ1n) is 5.26. The van der Waals surface area contributed by atoms with Gasteiger partial charge < -0.3 is 10.4 Å². The molecule has 0 heterocycles. The van der Waals surface area contributed by atoms with Gasteiger partial charge in [0.15, 0.2) is 0 Å².